The minimum absolute atomic E-state index is 0.0472. The van der Waals surface area contributed by atoms with Gasteiger partial charge in [0.2, 0.25) is 5.91 Å². The van der Waals surface area contributed by atoms with E-state index in [1.54, 1.807) is 17.9 Å². The van der Waals surface area contributed by atoms with E-state index in [-0.39, 0.29) is 23.6 Å². The number of piperazine rings is 1. The lowest BCUT2D eigenvalue weighted by atomic mass is 10.1. The van der Waals surface area contributed by atoms with Crippen molar-refractivity contribution in [1.29, 1.82) is 0 Å². The zero-order valence-electron chi connectivity index (χ0n) is 17.1. The Hall–Kier alpha value is -3.35. The second kappa shape index (κ2) is 8.57. The number of carbonyl (C=O) groups excluding carboxylic acids is 3. The Labute approximate surface area is 176 Å². The van der Waals surface area contributed by atoms with E-state index in [4.69, 9.17) is 0 Å². The van der Waals surface area contributed by atoms with Crippen LogP contribution in [0.15, 0.2) is 48.5 Å². The number of carbonyl (C=O) groups is 3. The number of Topliss-reactive ketones (excluding diaryl/α,β-unsaturated/α-hetero) is 1. The number of ketones is 1. The minimum Gasteiger partial charge on any atom is -0.368 e. The molecule has 1 aliphatic carbocycles. The van der Waals surface area contributed by atoms with Gasteiger partial charge in [0.1, 0.15) is 0 Å². The summed E-state index contributed by atoms with van der Waals surface area (Å²) in [5, 5.41) is 5.82. The lowest BCUT2D eigenvalue weighted by molar-refractivity contribution is -0.117. The van der Waals surface area contributed by atoms with E-state index < -0.39 is 0 Å². The molecule has 30 heavy (non-hydrogen) atoms. The van der Waals surface area contributed by atoms with Crippen molar-refractivity contribution < 1.29 is 14.4 Å². The van der Waals surface area contributed by atoms with Gasteiger partial charge in [-0.1, -0.05) is 6.07 Å². The first-order valence-electron chi connectivity index (χ1n) is 10.3. The molecule has 1 saturated carbocycles. The van der Waals surface area contributed by atoms with E-state index in [1.807, 2.05) is 42.5 Å². The summed E-state index contributed by atoms with van der Waals surface area (Å²) in [5.74, 6) is 0.239. The van der Waals surface area contributed by atoms with Crippen molar-refractivity contribution in [1.82, 2.24) is 4.90 Å². The highest BCUT2D eigenvalue weighted by atomic mass is 16.2. The maximum Gasteiger partial charge on any atom is 0.321 e. The van der Waals surface area contributed by atoms with E-state index in [1.165, 1.54) is 0 Å². The lowest BCUT2D eigenvalue weighted by Gasteiger charge is -2.36. The van der Waals surface area contributed by atoms with Crippen LogP contribution in [-0.4, -0.2) is 48.8 Å². The highest BCUT2D eigenvalue weighted by molar-refractivity contribution is 5.96. The molecule has 0 spiro atoms. The van der Waals surface area contributed by atoms with Gasteiger partial charge in [-0.2, -0.15) is 0 Å². The summed E-state index contributed by atoms with van der Waals surface area (Å²) < 4.78 is 0. The molecule has 2 N–H and O–H groups in total. The van der Waals surface area contributed by atoms with Crippen LogP contribution >= 0.6 is 0 Å². The summed E-state index contributed by atoms with van der Waals surface area (Å²) in [7, 11) is 0. The number of benzene rings is 2. The van der Waals surface area contributed by atoms with E-state index in [2.05, 4.69) is 15.5 Å². The molecule has 2 aliphatic rings. The third kappa shape index (κ3) is 4.79. The van der Waals surface area contributed by atoms with Crippen LogP contribution in [0, 0.1) is 5.92 Å². The van der Waals surface area contributed by atoms with Gasteiger partial charge < -0.3 is 20.4 Å². The topological polar surface area (TPSA) is 81.8 Å². The number of amides is 3. The van der Waals surface area contributed by atoms with Crippen LogP contribution in [0.1, 0.15) is 30.1 Å². The molecule has 3 amide bonds. The molecule has 0 atom stereocenters. The zero-order chi connectivity index (χ0) is 21.1. The largest absolute Gasteiger partial charge is 0.368 e. The molecule has 0 bridgehead atoms. The van der Waals surface area contributed by atoms with Gasteiger partial charge in [0.25, 0.3) is 0 Å². The molecule has 0 aromatic heterocycles. The van der Waals surface area contributed by atoms with Crippen molar-refractivity contribution in [2.45, 2.75) is 19.8 Å². The highest BCUT2D eigenvalue weighted by Crippen LogP contribution is 2.30. The van der Waals surface area contributed by atoms with E-state index >= 15 is 0 Å². The van der Waals surface area contributed by atoms with Crippen LogP contribution in [0.5, 0.6) is 0 Å². The molecule has 156 valence electrons. The van der Waals surface area contributed by atoms with Crippen molar-refractivity contribution in [3.05, 3.63) is 54.1 Å². The fraction of sp³-hybridized carbons (Fsp3) is 0.348. The quantitative estimate of drug-likeness (QED) is 0.744. The van der Waals surface area contributed by atoms with Crippen LogP contribution < -0.4 is 15.5 Å². The average molecular weight is 406 g/mol. The van der Waals surface area contributed by atoms with Gasteiger partial charge in [-0.15, -0.1) is 0 Å². The molecule has 1 aliphatic heterocycles. The minimum atomic E-state index is -0.146. The second-order valence-electron chi connectivity index (χ2n) is 7.85. The van der Waals surface area contributed by atoms with E-state index in [9.17, 15) is 14.4 Å². The van der Waals surface area contributed by atoms with Crippen LogP contribution in [0.2, 0.25) is 0 Å². The molecule has 4 rings (SSSR count). The number of rotatable bonds is 5. The standard InChI is InChI=1S/C23H26N4O3/c1-16(28)17-7-9-21(10-8-17)26-11-13-27(14-12-26)23(30)25-20-4-2-3-19(15-20)24-22(29)18-5-6-18/h2-4,7-10,15,18H,5-6,11-14H2,1H3,(H,24,29)(H,25,30). The number of hydrogen-bond acceptors (Lipinski definition) is 4. The van der Waals surface area contributed by atoms with Crippen molar-refractivity contribution in [2.75, 3.05) is 41.7 Å². The van der Waals surface area contributed by atoms with Gasteiger partial charge in [0.15, 0.2) is 5.78 Å². The first kappa shape index (κ1) is 19.9. The molecular weight excluding hydrogens is 380 g/mol. The van der Waals surface area contributed by atoms with E-state index in [0.29, 0.717) is 30.0 Å². The van der Waals surface area contributed by atoms with Crippen LogP contribution in [0.4, 0.5) is 21.9 Å². The average Bonchev–Trinajstić information content (AvgIpc) is 3.60. The highest BCUT2D eigenvalue weighted by Gasteiger charge is 2.29. The smallest absolute Gasteiger partial charge is 0.321 e. The summed E-state index contributed by atoms with van der Waals surface area (Å²) in [6, 6.07) is 14.7. The summed E-state index contributed by atoms with van der Waals surface area (Å²) in [6.07, 6.45) is 1.91. The fourth-order valence-corrected chi connectivity index (χ4v) is 3.54. The van der Waals surface area contributed by atoms with Gasteiger partial charge in [-0.25, -0.2) is 4.79 Å². The van der Waals surface area contributed by atoms with Crippen molar-refractivity contribution in [2.24, 2.45) is 5.92 Å². The molecule has 7 nitrogen and oxygen atoms in total. The van der Waals surface area contributed by atoms with Gasteiger partial charge in [-0.3, -0.25) is 9.59 Å². The Kier molecular flexibility index (Phi) is 5.70. The maximum atomic E-state index is 12.7. The molecule has 2 aromatic rings. The van der Waals surface area contributed by atoms with Gasteiger partial charge >= 0.3 is 6.03 Å². The number of nitrogens with zero attached hydrogens (tertiary/aromatic N) is 2. The Morgan fingerprint density at radius 3 is 2.10 bits per heavy atom. The van der Waals surface area contributed by atoms with Crippen LogP contribution in [0.3, 0.4) is 0 Å². The number of nitrogens with one attached hydrogen (secondary N) is 2. The third-order valence-corrected chi connectivity index (χ3v) is 5.54. The molecule has 1 saturated heterocycles. The normalized spacial score (nSPS) is 16.2. The Bertz CT molecular complexity index is 945. The molecule has 1 heterocycles. The Morgan fingerprint density at radius 2 is 1.50 bits per heavy atom. The first-order valence-corrected chi connectivity index (χ1v) is 10.3. The molecule has 2 aromatic carbocycles. The first-order chi connectivity index (χ1) is 14.5. The van der Waals surface area contributed by atoms with Gasteiger partial charge in [-0.05, 0) is 62.2 Å². The predicted octanol–water partition coefficient (Wildman–Crippen LogP) is 3.59. The van der Waals surface area contributed by atoms with Gasteiger partial charge in [0, 0.05) is 54.7 Å². The van der Waals surface area contributed by atoms with E-state index in [0.717, 1.165) is 31.6 Å². The summed E-state index contributed by atoms with van der Waals surface area (Å²) in [6.45, 7) is 4.23. The molecule has 0 radical (unpaired) electrons. The Morgan fingerprint density at radius 1 is 0.867 bits per heavy atom. The number of urea groups is 1. The fourth-order valence-electron chi connectivity index (χ4n) is 3.54. The molecule has 0 unspecified atom stereocenters. The summed E-state index contributed by atoms with van der Waals surface area (Å²) >= 11 is 0. The Balaban J connectivity index is 1.30. The third-order valence-electron chi connectivity index (χ3n) is 5.54. The predicted molar refractivity (Wildman–Crippen MR) is 117 cm³/mol. The van der Waals surface area contributed by atoms with Gasteiger partial charge in [0.05, 0.1) is 0 Å². The molecule has 2 fully saturated rings. The summed E-state index contributed by atoms with van der Waals surface area (Å²) in [5.41, 5.74) is 3.12. The molecule has 7 heteroatoms. The summed E-state index contributed by atoms with van der Waals surface area (Å²) in [4.78, 5) is 40.0. The number of anilines is 3. The van der Waals surface area contributed by atoms with Crippen molar-refractivity contribution in [3.8, 4) is 0 Å². The lowest BCUT2D eigenvalue weighted by Crippen LogP contribution is -2.50. The number of hydrogen-bond donors (Lipinski definition) is 2. The van der Waals surface area contributed by atoms with Crippen LogP contribution in [-0.2, 0) is 4.79 Å². The van der Waals surface area contributed by atoms with Crippen molar-refractivity contribution in [3.63, 3.8) is 0 Å². The maximum absolute atomic E-state index is 12.7. The SMILES string of the molecule is CC(=O)c1ccc(N2CCN(C(=O)Nc3cccc(NC(=O)C4CC4)c3)CC2)cc1. The second-order valence-corrected chi connectivity index (χ2v) is 7.85. The van der Waals surface area contributed by atoms with Crippen molar-refractivity contribution >= 4 is 34.8 Å². The van der Waals surface area contributed by atoms with Crippen LogP contribution in [0.25, 0.3) is 0 Å². The zero-order valence-corrected chi connectivity index (χ0v) is 17.1. The monoisotopic (exact) mass is 406 g/mol. The molecular formula is C23H26N4O3.